The van der Waals surface area contributed by atoms with Gasteiger partial charge in [0.15, 0.2) is 0 Å². The summed E-state index contributed by atoms with van der Waals surface area (Å²) >= 11 is 0. The van der Waals surface area contributed by atoms with Crippen LogP contribution in [0.5, 0.6) is 0 Å². The molecule has 0 bridgehead atoms. The van der Waals surface area contributed by atoms with Gasteiger partial charge in [-0.1, -0.05) is 0 Å². The molecule has 1 atom stereocenters. The molecule has 0 fully saturated rings. The zero-order chi connectivity index (χ0) is 15.0. The number of hydrazone groups is 1. The zero-order valence-corrected chi connectivity index (χ0v) is 11.0. The first kappa shape index (κ1) is 15.6. The molecule has 0 aliphatic carbocycles. The maximum atomic E-state index is 10.8. The molecular weight excluding hydrogens is 291 g/mol. The van der Waals surface area contributed by atoms with E-state index in [0.29, 0.717) is 6.42 Å². The van der Waals surface area contributed by atoms with E-state index in [0.717, 1.165) is 12.1 Å². The van der Waals surface area contributed by atoms with Crippen LogP contribution in [0.15, 0.2) is 23.3 Å². The van der Waals surface area contributed by atoms with Crippen molar-refractivity contribution in [3.63, 3.8) is 0 Å². The summed E-state index contributed by atoms with van der Waals surface area (Å²) in [6.45, 7) is 0.204. The molecule has 0 amide bonds. The fourth-order valence-corrected chi connectivity index (χ4v) is 1.41. The number of rotatable bonds is 8. The first-order valence-corrected chi connectivity index (χ1v) is 6.07. The van der Waals surface area contributed by atoms with Crippen LogP contribution in [-0.2, 0) is 9.09 Å². The molecule has 1 aromatic rings. The maximum Gasteiger partial charge on any atom is 0.494 e. The molecule has 0 saturated carbocycles. The summed E-state index contributed by atoms with van der Waals surface area (Å²) in [5.41, 5.74) is 1.61. The highest BCUT2D eigenvalue weighted by molar-refractivity contribution is 7.17. The van der Waals surface area contributed by atoms with Gasteiger partial charge in [-0.25, -0.2) is 0 Å². The van der Waals surface area contributed by atoms with Gasteiger partial charge in [0.2, 0.25) is 0 Å². The Balaban J connectivity index is 2.76. The number of hydrogen-bond donors (Lipinski definition) is 1. The van der Waals surface area contributed by atoms with Gasteiger partial charge in [0.05, 0.1) is 15.9 Å². The average Bonchev–Trinajstić information content (AvgIpc) is 2.42. The lowest BCUT2D eigenvalue weighted by Gasteiger charge is -2.01. The van der Waals surface area contributed by atoms with Crippen LogP contribution in [0, 0.1) is 20.2 Å². The molecule has 106 valence electrons. The quantitative estimate of drug-likeness (QED) is 0.255. The Morgan fingerprint density at radius 2 is 2.10 bits per heavy atom. The van der Waals surface area contributed by atoms with Crippen molar-refractivity contribution in [2.45, 2.75) is 6.42 Å². The molecule has 0 heterocycles. The summed E-state index contributed by atoms with van der Waals surface area (Å²) in [6, 6.07) is 3.18. The van der Waals surface area contributed by atoms with Gasteiger partial charge in [-0.3, -0.25) is 25.7 Å². The van der Waals surface area contributed by atoms with E-state index in [1.807, 2.05) is 0 Å². The average molecular weight is 301 g/mol. The van der Waals surface area contributed by atoms with Crippen molar-refractivity contribution in [2.24, 2.45) is 5.10 Å². The number of nitrogens with zero attached hydrogens (tertiary/aromatic N) is 3. The lowest BCUT2D eigenvalue weighted by molar-refractivity contribution is -0.393. The summed E-state index contributed by atoms with van der Waals surface area (Å²) in [4.78, 5) is 19.9. The van der Waals surface area contributed by atoms with Crippen molar-refractivity contribution < 1.29 is 18.9 Å². The monoisotopic (exact) mass is 301 g/mol. The molecule has 0 spiro atoms. The number of nitro groups is 2. The first-order chi connectivity index (χ1) is 9.56. The Bertz CT molecular complexity index is 549. The topological polar surface area (TPSA) is 137 Å². The van der Waals surface area contributed by atoms with E-state index in [1.165, 1.54) is 12.3 Å². The number of anilines is 1. The number of benzene rings is 1. The van der Waals surface area contributed by atoms with Gasteiger partial charge >= 0.3 is 14.4 Å². The second kappa shape index (κ2) is 7.87. The molecule has 0 radical (unpaired) electrons. The minimum absolute atomic E-state index is 0.0310. The van der Waals surface area contributed by atoms with Gasteiger partial charge in [-0.05, 0) is 10.6 Å². The highest BCUT2D eigenvalue weighted by atomic mass is 31.1. The Labute approximate surface area is 114 Å². The largest absolute Gasteiger partial charge is 0.494 e. The highest BCUT2D eigenvalue weighted by Crippen LogP contribution is 2.28. The molecule has 1 rings (SSSR count). The van der Waals surface area contributed by atoms with E-state index in [2.05, 4.69) is 15.1 Å². The standard InChI is InChI=1S/C9H10N4O6P/c14-12(15)7-2-3-8(9(6-7)13(16)17)11-10-4-1-5-19-20-18/h2-4,6,11,20H,1,5H2/q+1. The lowest BCUT2D eigenvalue weighted by atomic mass is 10.2. The van der Waals surface area contributed by atoms with Gasteiger partial charge in [0.1, 0.15) is 12.3 Å². The molecule has 0 aliphatic heterocycles. The molecular formula is C9H10N4O6P+. The van der Waals surface area contributed by atoms with Gasteiger partial charge in [0, 0.05) is 18.7 Å². The van der Waals surface area contributed by atoms with E-state index in [-0.39, 0.29) is 18.0 Å². The Morgan fingerprint density at radius 1 is 1.35 bits per heavy atom. The maximum absolute atomic E-state index is 10.8. The summed E-state index contributed by atoms with van der Waals surface area (Å²) in [6.07, 6.45) is 1.74. The van der Waals surface area contributed by atoms with Crippen LogP contribution in [0.3, 0.4) is 0 Å². The third-order valence-corrected chi connectivity index (χ3v) is 2.40. The van der Waals surface area contributed by atoms with Crippen LogP contribution >= 0.6 is 8.69 Å². The van der Waals surface area contributed by atoms with Crippen molar-refractivity contribution in [3.8, 4) is 0 Å². The number of nitro benzene ring substituents is 2. The Hall–Kier alpha value is -2.45. The van der Waals surface area contributed by atoms with Crippen LogP contribution in [0.4, 0.5) is 17.1 Å². The Kier molecular flexibility index (Phi) is 6.14. The molecule has 10 nitrogen and oxygen atoms in total. The minimum atomic E-state index is -0.852. The van der Waals surface area contributed by atoms with Crippen molar-refractivity contribution in [3.05, 3.63) is 38.4 Å². The third-order valence-electron chi connectivity index (χ3n) is 2.07. The van der Waals surface area contributed by atoms with Crippen LogP contribution in [-0.4, -0.2) is 22.7 Å². The van der Waals surface area contributed by atoms with Gasteiger partial charge < -0.3 is 0 Å². The van der Waals surface area contributed by atoms with E-state index in [4.69, 9.17) is 0 Å². The van der Waals surface area contributed by atoms with Crippen molar-refractivity contribution in [1.82, 2.24) is 0 Å². The third kappa shape index (κ3) is 4.67. The van der Waals surface area contributed by atoms with Crippen LogP contribution in [0.25, 0.3) is 0 Å². The number of hydrogen-bond acceptors (Lipinski definition) is 8. The number of non-ortho nitro benzene ring substituents is 1. The van der Waals surface area contributed by atoms with Crippen LogP contribution < -0.4 is 5.43 Å². The van der Waals surface area contributed by atoms with Crippen molar-refractivity contribution in [2.75, 3.05) is 12.0 Å². The fourth-order valence-electron chi connectivity index (χ4n) is 1.21. The molecule has 0 aliphatic rings. The predicted octanol–water partition coefficient (Wildman–Crippen LogP) is 2.25. The van der Waals surface area contributed by atoms with E-state index in [1.54, 1.807) is 0 Å². The second-order valence-corrected chi connectivity index (χ2v) is 3.81. The van der Waals surface area contributed by atoms with Crippen molar-refractivity contribution in [1.29, 1.82) is 0 Å². The molecule has 1 N–H and O–H groups in total. The summed E-state index contributed by atoms with van der Waals surface area (Å²) in [5, 5.41) is 25.1. The molecule has 1 unspecified atom stereocenters. The molecule has 0 aromatic heterocycles. The normalized spacial score (nSPS) is 10.8. The molecule has 20 heavy (non-hydrogen) atoms. The minimum Gasteiger partial charge on any atom is -0.272 e. The zero-order valence-electron chi connectivity index (χ0n) is 10.0. The van der Waals surface area contributed by atoms with Gasteiger partial charge in [0.25, 0.3) is 5.69 Å². The summed E-state index contributed by atoms with van der Waals surface area (Å²) < 4.78 is 14.6. The molecule has 1 aromatic carbocycles. The fraction of sp³-hybridized carbons (Fsp3) is 0.222. The summed E-state index contributed by atoms with van der Waals surface area (Å²) in [5.74, 6) is 0. The van der Waals surface area contributed by atoms with E-state index < -0.39 is 24.2 Å². The van der Waals surface area contributed by atoms with E-state index >= 15 is 0 Å². The summed E-state index contributed by atoms with van der Waals surface area (Å²) in [7, 11) is -0.852. The van der Waals surface area contributed by atoms with Gasteiger partial charge in [-0.2, -0.15) is 5.10 Å². The number of nitrogens with one attached hydrogen (secondary N) is 1. The highest BCUT2D eigenvalue weighted by Gasteiger charge is 2.18. The first-order valence-electron chi connectivity index (χ1n) is 5.25. The second-order valence-electron chi connectivity index (χ2n) is 3.36. The smallest absolute Gasteiger partial charge is 0.272 e. The van der Waals surface area contributed by atoms with Crippen LogP contribution in [0.2, 0.25) is 0 Å². The van der Waals surface area contributed by atoms with Crippen LogP contribution in [0.1, 0.15) is 6.42 Å². The lowest BCUT2D eigenvalue weighted by Crippen LogP contribution is -1.98. The SMILES string of the molecule is O=[PH+]OCCC=NNc1ccc([N+](=O)[O-])cc1[N+](=O)[O-]. The van der Waals surface area contributed by atoms with Gasteiger partial charge in [-0.15, -0.1) is 4.52 Å². The predicted molar refractivity (Wildman–Crippen MR) is 71.4 cm³/mol. The molecule has 11 heteroatoms. The van der Waals surface area contributed by atoms with E-state index in [9.17, 15) is 24.8 Å². The van der Waals surface area contributed by atoms with Crippen molar-refractivity contribution >= 4 is 32.0 Å². The molecule has 0 saturated heterocycles. The Morgan fingerprint density at radius 3 is 2.70 bits per heavy atom.